The topological polar surface area (TPSA) is 91.3 Å². The van der Waals surface area contributed by atoms with Crippen LogP contribution in [0.3, 0.4) is 0 Å². The molecule has 2 aromatic rings. The monoisotopic (exact) mass is 489 g/mol. The molecule has 1 saturated carbocycles. The number of aryl methyl sites for hydroxylation is 2. The molecule has 8 heteroatoms. The smallest absolute Gasteiger partial charge is 0.326 e. The van der Waals surface area contributed by atoms with E-state index in [4.69, 9.17) is 28.2 Å². The minimum atomic E-state index is -1.04. The van der Waals surface area contributed by atoms with Gasteiger partial charge in [-0.3, -0.25) is 4.79 Å². The summed E-state index contributed by atoms with van der Waals surface area (Å²) in [5, 5.41) is 16.0. The second kappa shape index (κ2) is 10.7. The summed E-state index contributed by atoms with van der Waals surface area (Å²) in [6.07, 6.45) is 7.88. The van der Waals surface area contributed by atoms with E-state index in [-0.39, 0.29) is 15.6 Å². The lowest BCUT2D eigenvalue weighted by Gasteiger charge is -2.17. The predicted molar refractivity (Wildman–Crippen MR) is 130 cm³/mol. The van der Waals surface area contributed by atoms with Crippen LogP contribution in [0.2, 0.25) is 10.0 Å². The lowest BCUT2D eigenvalue weighted by Crippen LogP contribution is -2.41. The fourth-order valence-corrected chi connectivity index (χ4v) is 5.21. The van der Waals surface area contributed by atoms with Crippen LogP contribution in [0.5, 0.6) is 0 Å². The SMILES string of the molecule is O=C(N[C@H](CC1CC1CCCCc1ccc2c(n1)NCCC2)C(=O)O)c1c(Cl)cccc1Cl. The lowest BCUT2D eigenvalue weighted by molar-refractivity contribution is -0.139. The van der Waals surface area contributed by atoms with Gasteiger partial charge in [0.25, 0.3) is 5.91 Å². The second-order valence-corrected chi connectivity index (χ2v) is 9.85. The number of aromatic nitrogens is 1. The Hall–Kier alpha value is -2.31. The van der Waals surface area contributed by atoms with Crippen molar-refractivity contribution < 1.29 is 14.7 Å². The van der Waals surface area contributed by atoms with E-state index in [1.807, 2.05) is 0 Å². The maximum absolute atomic E-state index is 12.6. The van der Waals surface area contributed by atoms with Crippen LogP contribution in [0.25, 0.3) is 0 Å². The van der Waals surface area contributed by atoms with Crippen LogP contribution in [-0.4, -0.2) is 34.6 Å². The maximum Gasteiger partial charge on any atom is 0.326 e. The van der Waals surface area contributed by atoms with Crippen LogP contribution in [0.4, 0.5) is 5.82 Å². The van der Waals surface area contributed by atoms with E-state index in [1.165, 1.54) is 5.56 Å². The van der Waals surface area contributed by atoms with E-state index in [0.717, 1.165) is 63.0 Å². The number of nitrogens with zero attached hydrogens (tertiary/aromatic N) is 1. The van der Waals surface area contributed by atoms with Gasteiger partial charge >= 0.3 is 5.97 Å². The number of carbonyl (C=O) groups excluding carboxylic acids is 1. The molecular weight excluding hydrogens is 461 g/mol. The maximum atomic E-state index is 12.6. The number of carboxylic acid groups (broad SMARTS) is 1. The summed E-state index contributed by atoms with van der Waals surface area (Å²) in [4.78, 5) is 29.0. The third-order valence-corrected chi connectivity index (χ3v) is 7.24. The Bertz CT molecular complexity index is 1010. The summed E-state index contributed by atoms with van der Waals surface area (Å²) in [7, 11) is 0. The van der Waals surface area contributed by atoms with Gasteiger partial charge in [0.1, 0.15) is 11.9 Å². The second-order valence-electron chi connectivity index (χ2n) is 9.04. The number of hydrogen-bond donors (Lipinski definition) is 3. The van der Waals surface area contributed by atoms with Crippen molar-refractivity contribution in [2.24, 2.45) is 11.8 Å². The van der Waals surface area contributed by atoms with E-state index >= 15 is 0 Å². The minimum Gasteiger partial charge on any atom is -0.480 e. The zero-order valence-electron chi connectivity index (χ0n) is 18.4. The Balaban J connectivity index is 1.21. The van der Waals surface area contributed by atoms with E-state index in [2.05, 4.69) is 22.8 Å². The molecule has 2 unspecified atom stereocenters. The van der Waals surface area contributed by atoms with Gasteiger partial charge in [-0.05, 0) is 74.1 Å². The Labute approximate surface area is 204 Å². The fraction of sp³-hybridized carbons (Fsp3) is 0.480. The molecule has 1 aliphatic carbocycles. The minimum absolute atomic E-state index is 0.116. The molecule has 0 saturated heterocycles. The van der Waals surface area contributed by atoms with Crippen molar-refractivity contribution in [3.8, 4) is 0 Å². The number of unbranched alkanes of at least 4 members (excludes halogenated alkanes) is 1. The van der Waals surface area contributed by atoms with Crippen molar-refractivity contribution in [2.45, 2.75) is 57.4 Å². The Kier molecular flexibility index (Phi) is 7.76. The van der Waals surface area contributed by atoms with Crippen LogP contribution in [0, 0.1) is 11.8 Å². The van der Waals surface area contributed by atoms with Gasteiger partial charge in [0.2, 0.25) is 0 Å². The van der Waals surface area contributed by atoms with Gasteiger partial charge in [0.15, 0.2) is 0 Å². The van der Waals surface area contributed by atoms with Crippen molar-refractivity contribution in [1.82, 2.24) is 10.3 Å². The van der Waals surface area contributed by atoms with Crippen molar-refractivity contribution in [2.75, 3.05) is 11.9 Å². The quantitative estimate of drug-likeness (QED) is 0.390. The number of carbonyl (C=O) groups is 2. The molecule has 1 aromatic carbocycles. The molecule has 6 nitrogen and oxygen atoms in total. The summed E-state index contributed by atoms with van der Waals surface area (Å²) in [5.41, 5.74) is 2.55. The van der Waals surface area contributed by atoms with E-state index in [1.54, 1.807) is 18.2 Å². The van der Waals surface area contributed by atoms with Gasteiger partial charge in [-0.15, -0.1) is 0 Å². The molecule has 1 aliphatic heterocycles. The molecule has 1 amide bonds. The molecule has 2 heterocycles. The van der Waals surface area contributed by atoms with E-state index < -0.39 is 17.9 Å². The first-order valence-corrected chi connectivity index (χ1v) is 12.4. The predicted octanol–water partition coefficient (Wildman–Crippen LogP) is 5.37. The van der Waals surface area contributed by atoms with Gasteiger partial charge < -0.3 is 15.7 Å². The van der Waals surface area contributed by atoms with E-state index in [9.17, 15) is 14.7 Å². The zero-order valence-corrected chi connectivity index (χ0v) is 20.0. The molecule has 0 spiro atoms. The summed E-state index contributed by atoms with van der Waals surface area (Å²) in [5.74, 6) is 0.289. The average Bonchev–Trinajstić information content (AvgIpc) is 3.53. The number of rotatable bonds is 10. The third-order valence-electron chi connectivity index (χ3n) is 6.61. The molecular formula is C25H29Cl2N3O3. The van der Waals surface area contributed by atoms with Gasteiger partial charge in [0.05, 0.1) is 15.6 Å². The number of benzene rings is 1. The normalized spacial score (nSPS) is 19.8. The summed E-state index contributed by atoms with van der Waals surface area (Å²) >= 11 is 12.2. The van der Waals surface area contributed by atoms with Crippen LogP contribution in [-0.2, 0) is 17.6 Å². The van der Waals surface area contributed by atoms with Gasteiger partial charge in [-0.1, -0.05) is 48.2 Å². The molecule has 33 heavy (non-hydrogen) atoms. The number of nitrogens with one attached hydrogen (secondary N) is 2. The fourth-order valence-electron chi connectivity index (χ4n) is 4.64. The molecule has 3 N–H and O–H groups in total. The highest BCUT2D eigenvalue weighted by molar-refractivity contribution is 6.39. The van der Waals surface area contributed by atoms with Crippen LogP contribution >= 0.6 is 23.2 Å². The number of aliphatic carboxylic acids is 1. The van der Waals surface area contributed by atoms with Crippen molar-refractivity contribution in [3.63, 3.8) is 0 Å². The van der Waals surface area contributed by atoms with E-state index in [0.29, 0.717) is 18.3 Å². The summed E-state index contributed by atoms with van der Waals surface area (Å²) < 4.78 is 0. The van der Waals surface area contributed by atoms with Crippen molar-refractivity contribution in [3.05, 3.63) is 57.2 Å². The van der Waals surface area contributed by atoms with Crippen LogP contribution < -0.4 is 10.6 Å². The Morgan fingerprint density at radius 1 is 1.15 bits per heavy atom. The largest absolute Gasteiger partial charge is 0.480 e. The first-order valence-electron chi connectivity index (χ1n) is 11.6. The standard InChI is InChI=1S/C25H29Cl2N3O3/c26-19-8-3-9-20(27)22(19)24(31)30-21(25(32)33)14-17-13-16(17)5-1-2-7-18-11-10-15-6-4-12-28-23(15)29-18/h3,8-11,16-17,21H,1-2,4-7,12-14H2,(H,28,29)(H,30,31)(H,32,33)/t16?,17?,21-/m1/s1. The summed E-state index contributed by atoms with van der Waals surface area (Å²) in [6, 6.07) is 8.14. The highest BCUT2D eigenvalue weighted by Crippen LogP contribution is 2.45. The number of halogens is 2. The van der Waals surface area contributed by atoms with Crippen molar-refractivity contribution >= 4 is 40.9 Å². The molecule has 0 radical (unpaired) electrons. The van der Waals surface area contributed by atoms with Gasteiger partial charge in [-0.25, -0.2) is 9.78 Å². The molecule has 1 fully saturated rings. The van der Waals surface area contributed by atoms with Crippen molar-refractivity contribution in [1.29, 1.82) is 0 Å². The lowest BCUT2D eigenvalue weighted by atomic mass is 10.0. The molecule has 2 aliphatic rings. The van der Waals surface area contributed by atoms with Crippen LogP contribution in [0.15, 0.2) is 30.3 Å². The molecule has 4 rings (SSSR count). The average molecular weight is 490 g/mol. The third kappa shape index (κ3) is 6.18. The highest BCUT2D eigenvalue weighted by atomic mass is 35.5. The molecule has 176 valence electrons. The van der Waals surface area contributed by atoms with Gasteiger partial charge in [0, 0.05) is 12.2 Å². The van der Waals surface area contributed by atoms with Crippen LogP contribution in [0.1, 0.15) is 60.1 Å². The number of anilines is 1. The molecule has 0 bridgehead atoms. The number of amides is 1. The number of hydrogen-bond acceptors (Lipinski definition) is 4. The number of pyridine rings is 1. The molecule has 3 atom stereocenters. The molecule has 1 aromatic heterocycles. The Morgan fingerprint density at radius 2 is 1.94 bits per heavy atom. The van der Waals surface area contributed by atoms with Gasteiger partial charge in [-0.2, -0.15) is 0 Å². The first-order chi connectivity index (χ1) is 15.9. The first kappa shape index (κ1) is 23.8. The highest BCUT2D eigenvalue weighted by Gasteiger charge is 2.40. The zero-order chi connectivity index (χ0) is 23.4. The Morgan fingerprint density at radius 3 is 2.70 bits per heavy atom. The number of carboxylic acids is 1. The summed E-state index contributed by atoms with van der Waals surface area (Å²) in [6.45, 7) is 0.996. The number of fused-ring (bicyclic) bond motifs is 1.